The van der Waals surface area contributed by atoms with E-state index in [1.165, 1.54) is 33.6 Å². The van der Waals surface area contributed by atoms with Gasteiger partial charge in [-0.25, -0.2) is 9.48 Å². The van der Waals surface area contributed by atoms with E-state index in [4.69, 9.17) is 24.8 Å². The van der Waals surface area contributed by atoms with Gasteiger partial charge in [-0.05, 0) is 23.7 Å². The molecule has 3 rings (SSSR count). The van der Waals surface area contributed by atoms with Crippen LogP contribution in [0, 0.1) is 0 Å². The van der Waals surface area contributed by atoms with Gasteiger partial charge < -0.3 is 0 Å². The van der Waals surface area contributed by atoms with Gasteiger partial charge in [-0.2, -0.15) is 0 Å². The fourth-order valence-electron chi connectivity index (χ4n) is 4.87. The van der Waals surface area contributed by atoms with Crippen molar-refractivity contribution in [2.75, 3.05) is 18.0 Å². The van der Waals surface area contributed by atoms with Crippen LogP contribution in [0.1, 0.15) is 101 Å². The molecular formula is C28H39N2S2+. The highest BCUT2D eigenvalue weighted by molar-refractivity contribution is 8.13. The summed E-state index contributed by atoms with van der Waals surface area (Å²) in [5.41, 5.74) is 8.14. The Morgan fingerprint density at radius 1 is 0.781 bits per heavy atom. The van der Waals surface area contributed by atoms with Crippen molar-refractivity contribution in [2.45, 2.75) is 79.1 Å². The Bertz CT molecular complexity index is 979. The predicted molar refractivity (Wildman–Crippen MR) is 148 cm³/mol. The normalized spacial score (nSPS) is 14.6. The predicted octanol–water partition coefficient (Wildman–Crippen LogP) is 8.00. The van der Waals surface area contributed by atoms with Crippen LogP contribution in [0.25, 0.3) is 0 Å². The molecule has 1 aliphatic rings. The highest BCUT2D eigenvalue weighted by Gasteiger charge is 2.40. The number of amidine groups is 1. The maximum absolute atomic E-state index is 5.79. The van der Waals surface area contributed by atoms with Gasteiger partial charge >= 0.3 is 5.84 Å². The molecule has 0 spiro atoms. The minimum absolute atomic E-state index is 0.432. The molecule has 0 saturated carbocycles. The molecule has 2 aromatic carbocycles. The zero-order valence-corrected chi connectivity index (χ0v) is 22.6. The minimum atomic E-state index is 0.432. The summed E-state index contributed by atoms with van der Waals surface area (Å²) >= 11 is 10.6. The first-order chi connectivity index (χ1) is 15.1. The van der Waals surface area contributed by atoms with Gasteiger partial charge in [0.2, 0.25) is 0 Å². The van der Waals surface area contributed by atoms with E-state index in [1.54, 1.807) is 0 Å². The lowest BCUT2D eigenvalue weighted by Gasteiger charge is -2.23. The number of benzene rings is 2. The number of hydrogen-bond acceptors (Lipinski definition) is 2. The Labute approximate surface area is 206 Å². The van der Waals surface area contributed by atoms with Crippen molar-refractivity contribution in [1.82, 2.24) is 0 Å². The Balaban J connectivity index is 2.34. The van der Waals surface area contributed by atoms with Gasteiger partial charge in [0.25, 0.3) is 0 Å². The summed E-state index contributed by atoms with van der Waals surface area (Å²) in [6.07, 6.45) is 0. The second-order valence-corrected chi connectivity index (χ2v) is 11.3. The third-order valence-corrected chi connectivity index (χ3v) is 6.86. The van der Waals surface area contributed by atoms with Gasteiger partial charge in [0.1, 0.15) is 24.5 Å². The summed E-state index contributed by atoms with van der Waals surface area (Å²) in [5.74, 6) is 2.78. The number of nitrogens with zero attached hydrogens (tertiary/aromatic N) is 2. The Morgan fingerprint density at radius 2 is 1.19 bits per heavy atom. The number of thiocarbonyl (C=S) groups is 1. The topological polar surface area (TPSA) is 6.25 Å². The molecule has 1 heterocycles. The molecular weight excluding hydrogens is 428 g/mol. The first-order valence-corrected chi connectivity index (χ1v) is 12.8. The van der Waals surface area contributed by atoms with E-state index >= 15 is 0 Å². The summed E-state index contributed by atoms with van der Waals surface area (Å²) in [7, 11) is 0. The smallest absolute Gasteiger partial charge is 0.221 e. The molecule has 0 aliphatic carbocycles. The molecule has 0 aromatic heterocycles. The molecule has 4 heteroatoms. The largest absolute Gasteiger partial charge is 0.307 e. The van der Waals surface area contributed by atoms with E-state index < -0.39 is 0 Å². The van der Waals surface area contributed by atoms with Crippen LogP contribution in [0.3, 0.4) is 0 Å². The van der Waals surface area contributed by atoms with Gasteiger partial charge in [-0.3, -0.25) is 0 Å². The minimum Gasteiger partial charge on any atom is -0.221 e. The Hall–Kier alpha value is -1.65. The van der Waals surface area contributed by atoms with E-state index in [9.17, 15) is 0 Å². The molecule has 0 radical (unpaired) electrons. The first-order valence-electron chi connectivity index (χ1n) is 12.0. The summed E-state index contributed by atoms with van der Waals surface area (Å²) in [4.78, 5) is 2.45. The lowest BCUT2D eigenvalue weighted by atomic mass is 9.92. The number of para-hydroxylation sites is 2. The summed E-state index contributed by atoms with van der Waals surface area (Å²) in [6.45, 7) is 20.0. The van der Waals surface area contributed by atoms with Crippen molar-refractivity contribution in [3.8, 4) is 0 Å². The molecule has 2 aromatic rings. The molecule has 2 nitrogen and oxygen atoms in total. The molecule has 0 amide bonds. The fourth-order valence-corrected chi connectivity index (χ4v) is 5.33. The van der Waals surface area contributed by atoms with E-state index in [2.05, 4.69) is 101 Å². The second kappa shape index (κ2) is 10.1. The highest BCUT2D eigenvalue weighted by atomic mass is 32.1. The number of thiol groups is 1. The lowest BCUT2D eigenvalue weighted by molar-refractivity contribution is -0.428. The van der Waals surface area contributed by atoms with Crippen LogP contribution >= 0.6 is 24.8 Å². The van der Waals surface area contributed by atoms with Crippen molar-refractivity contribution in [3.05, 3.63) is 58.7 Å². The molecule has 0 unspecified atom stereocenters. The molecule has 1 aliphatic heterocycles. The van der Waals surface area contributed by atoms with Crippen LogP contribution in [-0.2, 0) is 0 Å². The van der Waals surface area contributed by atoms with Gasteiger partial charge in [0.15, 0.2) is 4.20 Å². The van der Waals surface area contributed by atoms with Crippen molar-refractivity contribution in [1.29, 1.82) is 0 Å². The zero-order chi connectivity index (χ0) is 23.7. The molecule has 172 valence electrons. The standard InChI is InChI=1S/C28H38N2S2/c1-17(2)21-11-9-12-22(18(3)4)25(21)29-15-16-30(27(29)28(31)32)26-23(19(5)6)13-10-14-24(26)20(7)8/h9-14,17-20H,15-16H2,1-8H3/p+1. The second-order valence-electron chi connectivity index (χ2n) is 10.1. The van der Waals surface area contributed by atoms with Gasteiger partial charge in [-0.15, -0.1) is 12.6 Å². The fraction of sp³-hybridized carbons (Fsp3) is 0.500. The van der Waals surface area contributed by atoms with E-state index in [0.29, 0.717) is 27.9 Å². The summed E-state index contributed by atoms with van der Waals surface area (Å²) < 4.78 is 3.10. The van der Waals surface area contributed by atoms with Crippen molar-refractivity contribution in [3.63, 3.8) is 0 Å². The average molecular weight is 468 g/mol. The average Bonchev–Trinajstić information content (AvgIpc) is 3.17. The molecule has 0 bridgehead atoms. The van der Waals surface area contributed by atoms with Crippen molar-refractivity contribution in [2.24, 2.45) is 0 Å². The van der Waals surface area contributed by atoms with Crippen molar-refractivity contribution < 1.29 is 4.58 Å². The van der Waals surface area contributed by atoms with Crippen LogP contribution in [-0.4, -0.2) is 27.7 Å². The van der Waals surface area contributed by atoms with Crippen LogP contribution in [0.5, 0.6) is 0 Å². The van der Waals surface area contributed by atoms with Gasteiger partial charge in [0.05, 0.1) is 0 Å². The first kappa shape index (κ1) is 25.0. The SMILES string of the molecule is CC(C)c1cccc(C(C)C)c1N1CC[N+](c2c(C(C)C)cccc2C(C)C)=C1C(=S)S. The molecule has 0 fully saturated rings. The number of anilines is 1. The monoisotopic (exact) mass is 467 g/mol. The molecule has 32 heavy (non-hydrogen) atoms. The van der Waals surface area contributed by atoms with Crippen molar-refractivity contribution >= 4 is 46.3 Å². The van der Waals surface area contributed by atoms with Gasteiger partial charge in [0, 0.05) is 22.3 Å². The summed E-state index contributed by atoms with van der Waals surface area (Å²) in [6, 6.07) is 13.5. The third kappa shape index (κ3) is 4.68. The van der Waals surface area contributed by atoms with Crippen LogP contribution < -0.4 is 4.90 Å². The highest BCUT2D eigenvalue weighted by Crippen LogP contribution is 2.40. The Morgan fingerprint density at radius 3 is 1.56 bits per heavy atom. The maximum Gasteiger partial charge on any atom is 0.307 e. The number of rotatable bonds is 7. The Kier molecular flexibility index (Phi) is 7.88. The lowest BCUT2D eigenvalue weighted by Crippen LogP contribution is -2.34. The molecule has 0 N–H and O–H groups in total. The summed E-state index contributed by atoms with van der Waals surface area (Å²) in [5, 5.41) is 0. The third-order valence-electron chi connectivity index (χ3n) is 6.47. The van der Waals surface area contributed by atoms with Crippen LogP contribution in [0.15, 0.2) is 36.4 Å². The zero-order valence-electron chi connectivity index (χ0n) is 20.9. The molecule has 0 saturated heterocycles. The quantitative estimate of drug-likeness (QED) is 0.250. The number of hydrogen-bond donors (Lipinski definition) is 1. The van der Waals surface area contributed by atoms with E-state index in [1.807, 2.05) is 0 Å². The molecule has 0 atom stereocenters. The van der Waals surface area contributed by atoms with Crippen LogP contribution in [0.4, 0.5) is 11.4 Å². The van der Waals surface area contributed by atoms with E-state index in [0.717, 1.165) is 18.9 Å². The van der Waals surface area contributed by atoms with E-state index in [-0.39, 0.29) is 0 Å². The van der Waals surface area contributed by atoms with Crippen LogP contribution in [0.2, 0.25) is 0 Å². The maximum atomic E-state index is 5.79. The van der Waals surface area contributed by atoms with Gasteiger partial charge in [-0.1, -0.05) is 104 Å².